The number of thioether (sulfide) groups is 1. The number of hydrogen-bond acceptors (Lipinski definition) is 5. The molecule has 2 aromatic heterocycles. The van der Waals surface area contributed by atoms with Gasteiger partial charge in [-0.15, -0.1) is 10.2 Å². The number of nitrogens with one attached hydrogen (secondary N) is 1. The van der Waals surface area contributed by atoms with Crippen molar-refractivity contribution in [1.29, 1.82) is 0 Å². The Morgan fingerprint density at radius 3 is 2.84 bits per heavy atom. The third-order valence-corrected chi connectivity index (χ3v) is 4.68. The van der Waals surface area contributed by atoms with Gasteiger partial charge in [0.25, 0.3) is 0 Å². The van der Waals surface area contributed by atoms with Gasteiger partial charge >= 0.3 is 5.91 Å². The van der Waals surface area contributed by atoms with E-state index in [1.54, 1.807) is 37.3 Å². The molecule has 0 aliphatic rings. The summed E-state index contributed by atoms with van der Waals surface area (Å²) in [5, 5.41) is 9.62. The van der Waals surface area contributed by atoms with E-state index in [1.165, 1.54) is 16.4 Å². The number of carbonyl (C=O) groups excluding carboxylic acids is 1. The van der Waals surface area contributed by atoms with Crippen molar-refractivity contribution >= 4 is 40.9 Å². The van der Waals surface area contributed by atoms with Crippen LogP contribution in [-0.4, -0.2) is 26.5 Å². The van der Waals surface area contributed by atoms with Gasteiger partial charge < -0.3 is 4.42 Å². The largest absolute Gasteiger partial charge is 0.451 e. The first-order chi connectivity index (χ1) is 12.0. The van der Waals surface area contributed by atoms with Crippen LogP contribution in [-0.2, 0) is 0 Å². The van der Waals surface area contributed by atoms with Crippen molar-refractivity contribution in [2.24, 2.45) is 0 Å². The van der Waals surface area contributed by atoms with Gasteiger partial charge in [0.1, 0.15) is 11.6 Å². The number of furan rings is 1. The Balaban J connectivity index is 1.84. The van der Waals surface area contributed by atoms with Crippen LogP contribution in [0, 0.1) is 6.92 Å². The van der Waals surface area contributed by atoms with E-state index in [2.05, 4.69) is 15.6 Å². The molecule has 0 spiro atoms. The minimum Gasteiger partial charge on any atom is -0.451 e. The van der Waals surface area contributed by atoms with E-state index in [9.17, 15) is 4.79 Å². The monoisotopic (exact) mass is 396 g/mol. The number of benzene rings is 1. The Hall–Kier alpha value is -1.96. The highest BCUT2D eigenvalue weighted by Crippen LogP contribution is 2.31. The average Bonchev–Trinajstić information content (AvgIpc) is 3.20. The molecule has 1 amide bonds. The van der Waals surface area contributed by atoms with E-state index in [4.69, 9.17) is 27.6 Å². The zero-order valence-corrected chi connectivity index (χ0v) is 15.7. The Labute approximate surface area is 158 Å². The van der Waals surface area contributed by atoms with Crippen molar-refractivity contribution in [3.8, 4) is 11.3 Å². The van der Waals surface area contributed by atoms with Gasteiger partial charge in [-0.1, -0.05) is 41.9 Å². The zero-order valence-electron chi connectivity index (χ0n) is 13.4. The van der Waals surface area contributed by atoms with Crippen LogP contribution in [0.2, 0.25) is 10.0 Å². The van der Waals surface area contributed by atoms with Crippen LogP contribution in [0.25, 0.3) is 11.3 Å². The zero-order chi connectivity index (χ0) is 18.0. The Bertz CT molecular complexity index is 923. The summed E-state index contributed by atoms with van der Waals surface area (Å²) < 4.78 is 7.17. The highest BCUT2D eigenvalue weighted by molar-refractivity contribution is 7.99. The maximum Gasteiger partial charge on any atom is 0.305 e. The molecule has 130 valence electrons. The molecule has 3 aromatic rings. The summed E-state index contributed by atoms with van der Waals surface area (Å²) in [4.78, 5) is 12.5. The van der Waals surface area contributed by atoms with Crippen molar-refractivity contribution < 1.29 is 9.21 Å². The molecule has 0 unspecified atom stereocenters. The van der Waals surface area contributed by atoms with Crippen LogP contribution in [0.4, 0.5) is 0 Å². The molecule has 0 radical (unpaired) electrons. The van der Waals surface area contributed by atoms with Crippen molar-refractivity contribution in [3.05, 3.63) is 52.0 Å². The van der Waals surface area contributed by atoms with Gasteiger partial charge in [-0.2, -0.15) is 0 Å². The van der Waals surface area contributed by atoms with Gasteiger partial charge in [0.2, 0.25) is 5.16 Å². The fourth-order valence-electron chi connectivity index (χ4n) is 2.14. The van der Waals surface area contributed by atoms with Gasteiger partial charge in [0, 0.05) is 10.6 Å². The van der Waals surface area contributed by atoms with Gasteiger partial charge in [-0.3, -0.25) is 10.2 Å². The average molecular weight is 397 g/mol. The molecule has 0 aliphatic carbocycles. The Kier molecular flexibility index (Phi) is 5.36. The molecule has 0 saturated heterocycles. The quantitative estimate of drug-likeness (QED) is 0.635. The second-order valence-corrected chi connectivity index (χ2v) is 7.10. The van der Waals surface area contributed by atoms with E-state index < -0.39 is 5.91 Å². The molecule has 0 aliphatic heterocycles. The van der Waals surface area contributed by atoms with Crippen LogP contribution in [0.3, 0.4) is 0 Å². The Morgan fingerprint density at radius 2 is 2.08 bits per heavy atom. The number of rotatable bonds is 5. The molecule has 1 aromatic carbocycles. The molecule has 0 fully saturated rings. The maximum atomic E-state index is 12.5. The molecule has 9 heteroatoms. The van der Waals surface area contributed by atoms with Crippen LogP contribution in [0.15, 0.2) is 39.9 Å². The Morgan fingerprint density at radius 1 is 1.28 bits per heavy atom. The van der Waals surface area contributed by atoms with Gasteiger partial charge in [-0.05, 0) is 43.0 Å². The number of amides is 1. The van der Waals surface area contributed by atoms with Crippen LogP contribution >= 0.6 is 35.0 Å². The molecular weight excluding hydrogens is 383 g/mol. The lowest BCUT2D eigenvalue weighted by Gasteiger charge is -2.08. The molecule has 0 saturated carbocycles. The highest BCUT2D eigenvalue weighted by Gasteiger charge is 2.17. The minimum absolute atomic E-state index is 0.145. The molecule has 1 N–H and O–H groups in total. The fourth-order valence-corrected chi connectivity index (χ4v) is 3.19. The number of aryl methyl sites for hydroxylation is 1. The molecule has 3 rings (SSSR count). The molecule has 6 nitrogen and oxygen atoms in total. The standard InChI is InChI=1S/C16H14Cl2N4O2S/c1-3-25-16-20-19-9(2)22(16)21-15(23)14-7-6-13(24-14)11-8-10(17)4-5-12(11)18/h4-8H,3H2,1-2H3,(H,21,23). The second kappa shape index (κ2) is 7.51. The lowest BCUT2D eigenvalue weighted by molar-refractivity contribution is 0.0980. The summed E-state index contributed by atoms with van der Waals surface area (Å²) in [6, 6.07) is 8.30. The molecule has 2 heterocycles. The van der Waals surface area contributed by atoms with Crippen LogP contribution in [0.1, 0.15) is 23.3 Å². The summed E-state index contributed by atoms with van der Waals surface area (Å²) in [7, 11) is 0. The van der Waals surface area contributed by atoms with Crippen LogP contribution in [0.5, 0.6) is 0 Å². The summed E-state index contributed by atoms with van der Waals surface area (Å²) in [6.45, 7) is 3.75. The van der Waals surface area contributed by atoms with Gasteiger partial charge in [-0.25, -0.2) is 4.68 Å². The number of nitrogens with zero attached hydrogens (tertiary/aromatic N) is 3. The summed E-state index contributed by atoms with van der Waals surface area (Å²) in [5.74, 6) is 1.58. The highest BCUT2D eigenvalue weighted by atomic mass is 35.5. The number of carbonyl (C=O) groups is 1. The van der Waals surface area contributed by atoms with Gasteiger partial charge in [0.05, 0.1) is 5.02 Å². The van der Waals surface area contributed by atoms with Crippen molar-refractivity contribution in [2.75, 3.05) is 11.2 Å². The van der Waals surface area contributed by atoms with Crippen molar-refractivity contribution in [3.63, 3.8) is 0 Å². The first kappa shape index (κ1) is 17.8. The van der Waals surface area contributed by atoms with Crippen LogP contribution < -0.4 is 5.43 Å². The summed E-state index contributed by atoms with van der Waals surface area (Å²) in [5.41, 5.74) is 3.35. The number of hydrogen-bond donors (Lipinski definition) is 1. The lowest BCUT2D eigenvalue weighted by Crippen LogP contribution is -2.24. The van der Waals surface area contributed by atoms with E-state index in [-0.39, 0.29) is 5.76 Å². The van der Waals surface area contributed by atoms with Crippen molar-refractivity contribution in [2.45, 2.75) is 19.0 Å². The number of aromatic nitrogens is 3. The molecule has 0 atom stereocenters. The normalized spacial score (nSPS) is 10.9. The third-order valence-electron chi connectivity index (χ3n) is 3.31. The first-order valence-corrected chi connectivity index (χ1v) is 9.15. The van der Waals surface area contributed by atoms with E-state index in [0.717, 1.165) is 5.75 Å². The van der Waals surface area contributed by atoms with E-state index >= 15 is 0 Å². The number of halogens is 2. The summed E-state index contributed by atoms with van der Waals surface area (Å²) in [6.07, 6.45) is 0. The topological polar surface area (TPSA) is 73.0 Å². The van der Waals surface area contributed by atoms with Gasteiger partial charge in [0.15, 0.2) is 5.76 Å². The third kappa shape index (κ3) is 3.84. The SMILES string of the molecule is CCSc1nnc(C)n1NC(=O)c1ccc(-c2cc(Cl)ccc2Cl)o1. The smallest absolute Gasteiger partial charge is 0.305 e. The van der Waals surface area contributed by atoms with E-state index in [0.29, 0.717) is 32.3 Å². The van der Waals surface area contributed by atoms with Crippen molar-refractivity contribution in [1.82, 2.24) is 14.9 Å². The first-order valence-electron chi connectivity index (χ1n) is 7.41. The molecule has 25 heavy (non-hydrogen) atoms. The second-order valence-electron chi connectivity index (χ2n) is 5.03. The molecule has 0 bridgehead atoms. The summed E-state index contributed by atoms with van der Waals surface area (Å²) >= 11 is 13.6. The molecular formula is C16H14Cl2N4O2S. The fraction of sp³-hybridized carbons (Fsp3) is 0.188. The minimum atomic E-state index is -0.412. The predicted molar refractivity (Wildman–Crippen MR) is 99.0 cm³/mol. The maximum absolute atomic E-state index is 12.5. The van der Waals surface area contributed by atoms with E-state index in [1.807, 2.05) is 6.92 Å². The predicted octanol–water partition coefficient (Wildman–Crippen LogP) is 4.65. The lowest BCUT2D eigenvalue weighted by atomic mass is 10.2.